The Kier molecular flexibility index (Phi) is 5.22. The van der Waals surface area contributed by atoms with Crippen LogP contribution in [0.4, 0.5) is 0 Å². The predicted octanol–water partition coefficient (Wildman–Crippen LogP) is 3.58. The molecule has 1 atom stereocenters. The van der Waals surface area contributed by atoms with Crippen LogP contribution in [0.3, 0.4) is 0 Å². The van der Waals surface area contributed by atoms with Crippen LogP contribution in [-0.4, -0.2) is 32.1 Å². The van der Waals surface area contributed by atoms with E-state index in [-0.39, 0.29) is 11.8 Å². The Balaban J connectivity index is 1.75. The molecule has 4 rings (SSSR count). The van der Waals surface area contributed by atoms with E-state index in [1.54, 1.807) is 40.4 Å². The number of nitrogens with zero attached hydrogens (tertiary/aromatic N) is 1. The van der Waals surface area contributed by atoms with Gasteiger partial charge in [-0.05, 0) is 37.1 Å². The van der Waals surface area contributed by atoms with Gasteiger partial charge in [0, 0.05) is 29.7 Å². The van der Waals surface area contributed by atoms with Crippen LogP contribution in [0.2, 0.25) is 0 Å². The summed E-state index contributed by atoms with van der Waals surface area (Å²) in [6.45, 7) is 3.62. The van der Waals surface area contributed by atoms with Crippen molar-refractivity contribution in [1.82, 2.24) is 5.43 Å². The SMILES string of the molecule is COc1cc(OC)c([C@H]2CC(c3c(C)cc4oc(=O)cc(C)c4c3O)=NN2)cc1OC. The van der Waals surface area contributed by atoms with E-state index in [0.29, 0.717) is 51.5 Å². The van der Waals surface area contributed by atoms with Gasteiger partial charge in [-0.3, -0.25) is 0 Å². The number of fused-ring (bicyclic) bond motifs is 1. The lowest BCUT2D eigenvalue weighted by atomic mass is 9.93. The third kappa shape index (κ3) is 3.43. The van der Waals surface area contributed by atoms with E-state index in [2.05, 4.69) is 10.5 Å². The highest BCUT2D eigenvalue weighted by molar-refractivity contribution is 6.09. The first-order valence-electron chi connectivity index (χ1n) is 9.77. The lowest BCUT2D eigenvalue weighted by molar-refractivity contribution is 0.345. The molecule has 2 aromatic carbocycles. The van der Waals surface area contributed by atoms with Crippen molar-refractivity contribution in [2.75, 3.05) is 21.3 Å². The Bertz CT molecular complexity index is 1260. The first-order valence-corrected chi connectivity index (χ1v) is 9.77. The first kappa shape index (κ1) is 20.6. The predicted molar refractivity (Wildman–Crippen MR) is 117 cm³/mol. The molecule has 1 aliphatic heterocycles. The monoisotopic (exact) mass is 424 g/mol. The fourth-order valence-corrected chi connectivity index (χ4v) is 4.09. The molecule has 0 spiro atoms. The van der Waals surface area contributed by atoms with Crippen LogP contribution in [0, 0.1) is 13.8 Å². The molecule has 0 aliphatic carbocycles. The molecule has 3 aromatic rings. The molecule has 0 saturated carbocycles. The molecule has 0 unspecified atom stereocenters. The van der Waals surface area contributed by atoms with Crippen LogP contribution in [0.25, 0.3) is 11.0 Å². The quantitative estimate of drug-likeness (QED) is 0.604. The van der Waals surface area contributed by atoms with Crippen molar-refractivity contribution in [3.63, 3.8) is 0 Å². The van der Waals surface area contributed by atoms with E-state index in [4.69, 9.17) is 18.6 Å². The third-order valence-corrected chi connectivity index (χ3v) is 5.55. The average Bonchev–Trinajstić information content (AvgIpc) is 3.21. The number of methoxy groups -OCH3 is 3. The highest BCUT2D eigenvalue weighted by Crippen LogP contribution is 2.41. The Labute approximate surface area is 179 Å². The molecule has 0 bridgehead atoms. The number of ether oxygens (including phenoxy) is 3. The van der Waals surface area contributed by atoms with Gasteiger partial charge in [-0.2, -0.15) is 5.10 Å². The summed E-state index contributed by atoms with van der Waals surface area (Å²) in [4.78, 5) is 11.7. The molecule has 162 valence electrons. The maximum atomic E-state index is 11.7. The fourth-order valence-electron chi connectivity index (χ4n) is 4.09. The van der Waals surface area contributed by atoms with Crippen molar-refractivity contribution >= 4 is 16.7 Å². The van der Waals surface area contributed by atoms with Crippen molar-refractivity contribution in [2.45, 2.75) is 26.3 Å². The van der Waals surface area contributed by atoms with E-state index in [1.807, 2.05) is 13.0 Å². The normalized spacial score (nSPS) is 15.5. The summed E-state index contributed by atoms with van der Waals surface area (Å²) >= 11 is 0. The standard InChI is InChI=1S/C23H24N2O6/c1-11-6-19-22(12(2)7-20(26)31-19)23(27)21(11)15-9-14(24-25-15)13-8-17(29-4)18(30-5)10-16(13)28-3/h6-8,10,14,24,27H,9H2,1-5H3/t14-/m1/s1. The van der Waals surface area contributed by atoms with E-state index in [9.17, 15) is 9.90 Å². The van der Waals surface area contributed by atoms with Crippen LogP contribution in [-0.2, 0) is 0 Å². The van der Waals surface area contributed by atoms with Gasteiger partial charge in [-0.15, -0.1) is 0 Å². The van der Waals surface area contributed by atoms with Crippen molar-refractivity contribution in [3.05, 3.63) is 56.9 Å². The first-order chi connectivity index (χ1) is 14.9. The average molecular weight is 424 g/mol. The van der Waals surface area contributed by atoms with Gasteiger partial charge in [0.1, 0.15) is 17.1 Å². The van der Waals surface area contributed by atoms with Crippen molar-refractivity contribution in [2.24, 2.45) is 5.10 Å². The van der Waals surface area contributed by atoms with Gasteiger partial charge < -0.3 is 29.2 Å². The number of nitrogens with one attached hydrogen (secondary N) is 1. The van der Waals surface area contributed by atoms with Crippen LogP contribution in [0.15, 0.2) is 38.6 Å². The lowest BCUT2D eigenvalue weighted by Crippen LogP contribution is -2.12. The largest absolute Gasteiger partial charge is 0.506 e. The second-order valence-corrected chi connectivity index (χ2v) is 7.43. The van der Waals surface area contributed by atoms with Crippen LogP contribution in [0.5, 0.6) is 23.0 Å². The highest BCUT2D eigenvalue weighted by Gasteiger charge is 2.29. The van der Waals surface area contributed by atoms with Gasteiger partial charge in [-0.25, -0.2) is 4.79 Å². The number of aromatic hydroxyl groups is 1. The number of phenolic OH excluding ortho intramolecular Hbond substituents is 1. The van der Waals surface area contributed by atoms with Gasteiger partial charge in [0.15, 0.2) is 11.5 Å². The minimum Gasteiger partial charge on any atom is -0.506 e. The summed E-state index contributed by atoms with van der Waals surface area (Å²) < 4.78 is 21.6. The van der Waals surface area contributed by atoms with Gasteiger partial charge in [0.05, 0.1) is 38.5 Å². The molecular formula is C23H24N2O6. The number of hydrogen-bond acceptors (Lipinski definition) is 8. The van der Waals surface area contributed by atoms with Gasteiger partial charge in [0.2, 0.25) is 0 Å². The van der Waals surface area contributed by atoms with Gasteiger partial charge >= 0.3 is 5.63 Å². The van der Waals surface area contributed by atoms with Crippen molar-refractivity contribution < 1.29 is 23.7 Å². The number of rotatable bonds is 5. The van der Waals surface area contributed by atoms with Crippen LogP contribution >= 0.6 is 0 Å². The molecule has 8 nitrogen and oxygen atoms in total. The summed E-state index contributed by atoms with van der Waals surface area (Å²) in [6.07, 6.45) is 0.515. The Morgan fingerprint density at radius 2 is 1.68 bits per heavy atom. The minimum absolute atomic E-state index is 0.0525. The summed E-state index contributed by atoms with van der Waals surface area (Å²) in [5.41, 5.74) is 6.64. The topological polar surface area (TPSA) is 103 Å². The fraction of sp³-hybridized carbons (Fsp3) is 0.304. The molecule has 0 amide bonds. The van der Waals surface area contributed by atoms with E-state index >= 15 is 0 Å². The number of benzene rings is 2. The highest BCUT2D eigenvalue weighted by atomic mass is 16.5. The molecule has 31 heavy (non-hydrogen) atoms. The number of phenols is 1. The number of hydrogen-bond donors (Lipinski definition) is 2. The van der Waals surface area contributed by atoms with Crippen LogP contribution in [0.1, 0.15) is 34.7 Å². The molecule has 2 N–H and O–H groups in total. The molecule has 0 saturated heterocycles. The second-order valence-electron chi connectivity index (χ2n) is 7.43. The molecule has 8 heteroatoms. The number of hydrazone groups is 1. The molecule has 1 aromatic heterocycles. The Hall–Kier alpha value is -3.68. The molecule has 0 fully saturated rings. The number of aryl methyl sites for hydroxylation is 2. The zero-order valence-corrected chi connectivity index (χ0v) is 18.0. The third-order valence-electron chi connectivity index (χ3n) is 5.55. The Morgan fingerprint density at radius 1 is 1.00 bits per heavy atom. The molecule has 0 radical (unpaired) electrons. The lowest BCUT2D eigenvalue weighted by Gasteiger charge is -2.18. The second kappa shape index (κ2) is 7.86. The summed E-state index contributed by atoms with van der Waals surface area (Å²) in [5, 5.41) is 16.0. The smallest absolute Gasteiger partial charge is 0.336 e. The van der Waals surface area contributed by atoms with E-state index < -0.39 is 5.63 Å². The Morgan fingerprint density at radius 3 is 2.35 bits per heavy atom. The van der Waals surface area contributed by atoms with Gasteiger partial charge in [-0.1, -0.05) is 0 Å². The summed E-state index contributed by atoms with van der Waals surface area (Å²) in [5.74, 6) is 1.85. The van der Waals surface area contributed by atoms with Gasteiger partial charge in [0.25, 0.3) is 0 Å². The zero-order valence-electron chi connectivity index (χ0n) is 18.0. The summed E-state index contributed by atoms with van der Waals surface area (Å²) in [6, 6.07) is 6.57. The molecule has 2 heterocycles. The van der Waals surface area contributed by atoms with Crippen LogP contribution < -0.4 is 25.3 Å². The molecular weight excluding hydrogens is 400 g/mol. The minimum atomic E-state index is -0.447. The van der Waals surface area contributed by atoms with E-state index in [1.165, 1.54) is 6.07 Å². The maximum absolute atomic E-state index is 11.7. The molecule has 1 aliphatic rings. The zero-order chi connectivity index (χ0) is 22.3. The van der Waals surface area contributed by atoms with Crippen molar-refractivity contribution in [1.29, 1.82) is 0 Å². The van der Waals surface area contributed by atoms with Crippen molar-refractivity contribution in [3.8, 4) is 23.0 Å². The summed E-state index contributed by atoms with van der Waals surface area (Å²) in [7, 11) is 4.74. The van der Waals surface area contributed by atoms with E-state index in [0.717, 1.165) is 11.1 Å². The maximum Gasteiger partial charge on any atom is 0.336 e.